The van der Waals surface area contributed by atoms with E-state index in [2.05, 4.69) is 102 Å². The van der Waals surface area contributed by atoms with Crippen LogP contribution in [-0.4, -0.2) is 35.1 Å². The molecule has 0 saturated heterocycles. The Labute approximate surface area is 275 Å². The highest BCUT2D eigenvalue weighted by molar-refractivity contribution is 6.74. The molecule has 4 aliphatic carbocycles. The molecule has 0 N–H and O–H groups in total. The number of carbonyl (C=O) groups is 1. The summed E-state index contributed by atoms with van der Waals surface area (Å²) >= 11 is 0. The molecule has 3 fully saturated rings. The standard InChI is InChI=1S/C39H72O3Si2/c1-27(26-41-43(11,12)36(3,4)5)16-15-17-28(2)31-18-19-32-30-25-35(40)34-24-29(42-44(13,14)37(6,7)8)20-22-39(34,10)33(30)21-23-38(31,32)9/h25,27-29,31-34H,15-24,26H2,1-14H3/t27?,28-,29+,31?,32?,33?,34-,38-,39-/m1/s1. The molecule has 0 aromatic heterocycles. The summed E-state index contributed by atoms with van der Waals surface area (Å²) in [6.07, 6.45) is 14.8. The van der Waals surface area contributed by atoms with E-state index in [1.54, 1.807) is 5.57 Å². The molecule has 3 nitrogen and oxygen atoms in total. The van der Waals surface area contributed by atoms with E-state index >= 15 is 0 Å². The third-order valence-corrected chi connectivity index (χ3v) is 23.8. The lowest BCUT2D eigenvalue weighted by Crippen LogP contribution is -2.54. The first-order valence-electron chi connectivity index (χ1n) is 18.6. The Morgan fingerprint density at radius 3 is 2.02 bits per heavy atom. The Hall–Kier alpha value is -0.236. The summed E-state index contributed by atoms with van der Waals surface area (Å²) < 4.78 is 13.4. The Morgan fingerprint density at radius 2 is 1.41 bits per heavy atom. The first kappa shape index (κ1) is 36.6. The number of ketones is 1. The van der Waals surface area contributed by atoms with Crippen molar-refractivity contribution in [3.05, 3.63) is 11.6 Å². The number of carbonyl (C=O) groups excluding carboxylic acids is 1. The third kappa shape index (κ3) is 6.97. The second kappa shape index (κ2) is 12.7. The summed E-state index contributed by atoms with van der Waals surface area (Å²) in [5.74, 6) is 3.93. The van der Waals surface area contributed by atoms with Gasteiger partial charge in [0.1, 0.15) is 0 Å². The zero-order valence-corrected chi connectivity index (χ0v) is 33.6. The van der Waals surface area contributed by atoms with Crippen molar-refractivity contribution in [2.24, 2.45) is 46.3 Å². The highest BCUT2D eigenvalue weighted by atomic mass is 28.4. The van der Waals surface area contributed by atoms with Crippen molar-refractivity contribution in [1.82, 2.24) is 0 Å². The lowest BCUT2D eigenvalue weighted by Gasteiger charge is -2.57. The molecular weight excluding hydrogens is 573 g/mol. The molecule has 254 valence electrons. The van der Waals surface area contributed by atoms with Gasteiger partial charge in [-0.3, -0.25) is 4.79 Å². The van der Waals surface area contributed by atoms with Gasteiger partial charge in [0.25, 0.3) is 0 Å². The van der Waals surface area contributed by atoms with Gasteiger partial charge in [-0.2, -0.15) is 0 Å². The Bertz CT molecular complexity index is 1060. The predicted molar refractivity (Wildman–Crippen MR) is 193 cm³/mol. The van der Waals surface area contributed by atoms with Gasteiger partial charge in [-0.1, -0.05) is 87.7 Å². The van der Waals surface area contributed by atoms with Crippen LogP contribution in [0.25, 0.3) is 0 Å². The summed E-state index contributed by atoms with van der Waals surface area (Å²) in [4.78, 5) is 14.0. The molecule has 4 unspecified atom stereocenters. The van der Waals surface area contributed by atoms with E-state index in [9.17, 15) is 4.79 Å². The average molecular weight is 645 g/mol. The number of hydrogen-bond acceptors (Lipinski definition) is 3. The molecular formula is C39H72O3Si2. The van der Waals surface area contributed by atoms with Crippen LogP contribution in [0.2, 0.25) is 36.3 Å². The maximum absolute atomic E-state index is 14.0. The molecule has 0 radical (unpaired) electrons. The molecule has 0 heterocycles. The number of rotatable bonds is 10. The molecule has 0 aromatic rings. The van der Waals surface area contributed by atoms with E-state index in [1.165, 1.54) is 44.9 Å². The van der Waals surface area contributed by atoms with Gasteiger partial charge in [0.05, 0.1) is 0 Å². The smallest absolute Gasteiger partial charge is 0.192 e. The molecule has 0 spiro atoms. The Kier molecular flexibility index (Phi) is 10.5. The Morgan fingerprint density at radius 1 is 0.818 bits per heavy atom. The maximum atomic E-state index is 14.0. The topological polar surface area (TPSA) is 35.5 Å². The zero-order valence-electron chi connectivity index (χ0n) is 31.6. The predicted octanol–water partition coefficient (Wildman–Crippen LogP) is 11.6. The molecule has 0 amide bonds. The highest BCUT2D eigenvalue weighted by Gasteiger charge is 2.60. The van der Waals surface area contributed by atoms with E-state index in [0.717, 1.165) is 37.7 Å². The van der Waals surface area contributed by atoms with Gasteiger partial charge in [0.2, 0.25) is 0 Å². The second-order valence-corrected chi connectivity index (χ2v) is 29.4. The van der Waals surface area contributed by atoms with Gasteiger partial charge in [-0.15, -0.1) is 0 Å². The minimum Gasteiger partial charge on any atom is -0.417 e. The molecule has 0 aromatic carbocycles. The van der Waals surface area contributed by atoms with E-state index in [0.29, 0.717) is 29.0 Å². The fourth-order valence-electron chi connectivity index (χ4n) is 9.64. The minimum absolute atomic E-state index is 0.113. The van der Waals surface area contributed by atoms with Crippen LogP contribution in [-0.2, 0) is 13.6 Å². The lowest BCUT2D eigenvalue weighted by molar-refractivity contribution is -0.132. The molecule has 4 rings (SSSR count). The number of allylic oxidation sites excluding steroid dienone is 2. The maximum Gasteiger partial charge on any atom is 0.192 e. The van der Waals surface area contributed by atoms with Gasteiger partial charge >= 0.3 is 0 Å². The van der Waals surface area contributed by atoms with Gasteiger partial charge in [-0.25, -0.2) is 0 Å². The van der Waals surface area contributed by atoms with Crippen LogP contribution in [0.15, 0.2) is 11.6 Å². The van der Waals surface area contributed by atoms with E-state index in [1.807, 2.05) is 0 Å². The van der Waals surface area contributed by atoms with E-state index < -0.39 is 16.6 Å². The second-order valence-electron chi connectivity index (χ2n) is 19.8. The van der Waals surface area contributed by atoms with Crippen LogP contribution in [0.3, 0.4) is 0 Å². The van der Waals surface area contributed by atoms with Gasteiger partial charge in [-0.05, 0) is 134 Å². The average Bonchev–Trinajstić information content (AvgIpc) is 3.24. The minimum atomic E-state index is -1.84. The summed E-state index contributed by atoms with van der Waals surface area (Å²) in [7, 11) is -3.51. The van der Waals surface area contributed by atoms with Gasteiger partial charge < -0.3 is 8.85 Å². The van der Waals surface area contributed by atoms with Crippen LogP contribution < -0.4 is 0 Å². The Balaban J connectivity index is 1.37. The van der Waals surface area contributed by atoms with Gasteiger partial charge in [0.15, 0.2) is 22.4 Å². The number of fused-ring (bicyclic) bond motifs is 5. The summed E-state index contributed by atoms with van der Waals surface area (Å²) in [6, 6.07) is 0. The summed E-state index contributed by atoms with van der Waals surface area (Å²) in [6.45, 7) is 34.4. The fraction of sp³-hybridized carbons (Fsp3) is 0.923. The van der Waals surface area contributed by atoms with Crippen molar-refractivity contribution in [3.63, 3.8) is 0 Å². The van der Waals surface area contributed by atoms with Crippen LogP contribution in [0, 0.1) is 46.3 Å². The van der Waals surface area contributed by atoms with Crippen molar-refractivity contribution < 1.29 is 13.6 Å². The van der Waals surface area contributed by atoms with Crippen molar-refractivity contribution in [2.75, 3.05) is 6.61 Å². The molecule has 4 aliphatic rings. The molecule has 0 bridgehead atoms. The SMILES string of the molecule is CC(CCC[C@@H](C)C1CCC2C3=CC(=O)[C@H]4C[C@@H](O[Si](C)(C)C(C)(C)C)CC[C@]4(C)C3CC[C@@]21C)CO[Si](C)(C)C(C)(C)C. The molecule has 5 heteroatoms. The normalized spacial score (nSPS) is 36.3. The molecule has 9 atom stereocenters. The van der Waals surface area contributed by atoms with E-state index in [-0.39, 0.29) is 27.5 Å². The first-order valence-corrected chi connectivity index (χ1v) is 24.4. The summed E-state index contributed by atoms with van der Waals surface area (Å²) in [5, 5.41) is 0.489. The van der Waals surface area contributed by atoms with Crippen molar-refractivity contribution in [1.29, 1.82) is 0 Å². The van der Waals surface area contributed by atoms with Crippen LogP contribution in [0.4, 0.5) is 0 Å². The molecule has 44 heavy (non-hydrogen) atoms. The molecule has 3 saturated carbocycles. The largest absolute Gasteiger partial charge is 0.417 e. The quantitative estimate of drug-likeness (QED) is 0.222. The lowest BCUT2D eigenvalue weighted by atomic mass is 9.47. The van der Waals surface area contributed by atoms with Crippen LogP contribution in [0.5, 0.6) is 0 Å². The number of hydrogen-bond donors (Lipinski definition) is 0. The third-order valence-electron chi connectivity index (χ3n) is 14.8. The van der Waals surface area contributed by atoms with Crippen LogP contribution in [0.1, 0.15) is 133 Å². The monoisotopic (exact) mass is 645 g/mol. The van der Waals surface area contributed by atoms with E-state index in [4.69, 9.17) is 8.85 Å². The van der Waals surface area contributed by atoms with Crippen molar-refractivity contribution in [2.45, 2.75) is 176 Å². The highest BCUT2D eigenvalue weighted by Crippen LogP contribution is 2.66. The fourth-order valence-corrected chi connectivity index (χ4v) is 12.2. The molecule has 0 aliphatic heterocycles. The van der Waals surface area contributed by atoms with Gasteiger partial charge in [0, 0.05) is 18.6 Å². The summed E-state index contributed by atoms with van der Waals surface area (Å²) in [5.41, 5.74) is 2.03. The first-order chi connectivity index (χ1) is 20.0. The van der Waals surface area contributed by atoms with Crippen molar-refractivity contribution >= 4 is 22.4 Å². The zero-order chi connectivity index (χ0) is 33.1. The van der Waals surface area contributed by atoms with Crippen molar-refractivity contribution in [3.8, 4) is 0 Å². The van der Waals surface area contributed by atoms with Crippen LogP contribution >= 0.6 is 0 Å².